The summed E-state index contributed by atoms with van der Waals surface area (Å²) >= 11 is 0. The van der Waals surface area contributed by atoms with E-state index >= 15 is 0 Å². The second-order valence-corrected chi connectivity index (χ2v) is 8.71. The number of anilines is 1. The molecule has 1 aliphatic rings. The van der Waals surface area contributed by atoms with E-state index in [9.17, 15) is 33.0 Å². The molecular formula is C28H30F3N3O5. The number of Topliss-reactive ketones (excluding diaryl/α,β-unsaturated/α-hetero) is 1. The summed E-state index contributed by atoms with van der Waals surface area (Å²) in [4.78, 5) is 26.5. The number of hydrogen-bond donors (Lipinski definition) is 4. The van der Waals surface area contributed by atoms with Gasteiger partial charge in [-0.05, 0) is 48.4 Å². The van der Waals surface area contributed by atoms with Gasteiger partial charge in [0.1, 0.15) is 17.2 Å². The summed E-state index contributed by atoms with van der Waals surface area (Å²) in [6.45, 7) is 5.96. The number of halogens is 3. The lowest BCUT2D eigenvalue weighted by molar-refractivity contribution is -0.137. The van der Waals surface area contributed by atoms with Crippen LogP contribution in [0.15, 0.2) is 64.3 Å². The van der Waals surface area contributed by atoms with Crippen molar-refractivity contribution in [3.05, 3.63) is 82.6 Å². The number of rotatable bonds is 7. The number of nitrogens with zero attached hydrogens (tertiary/aromatic N) is 1. The Kier molecular flexibility index (Phi) is 8.75. The zero-order chi connectivity index (χ0) is 29.1. The monoisotopic (exact) mass is 545 g/mol. The third-order valence-electron chi connectivity index (χ3n) is 5.85. The zero-order valence-electron chi connectivity index (χ0n) is 22.1. The predicted octanol–water partition coefficient (Wildman–Crippen LogP) is 5.06. The summed E-state index contributed by atoms with van der Waals surface area (Å²) in [7, 11) is 2.87. The van der Waals surface area contributed by atoms with Crippen LogP contribution in [0.4, 0.5) is 18.9 Å². The normalized spacial score (nSPS) is 14.8. The highest BCUT2D eigenvalue weighted by Crippen LogP contribution is 2.40. The molecule has 4 rings (SSSR count). The molecule has 0 radical (unpaired) electrons. The zero-order valence-corrected chi connectivity index (χ0v) is 22.1. The summed E-state index contributed by atoms with van der Waals surface area (Å²) in [6.07, 6.45) is -6.01. The number of alkyl halides is 3. The maximum Gasteiger partial charge on any atom is 0.416 e. The molecule has 1 aliphatic carbocycles. The quantitative estimate of drug-likeness (QED) is 0.307. The average Bonchev–Trinajstić information content (AvgIpc) is 3.33. The number of carbonyl (C=O) groups is 2. The van der Waals surface area contributed by atoms with Crippen molar-refractivity contribution in [2.75, 3.05) is 19.4 Å². The van der Waals surface area contributed by atoms with Crippen LogP contribution in [0.1, 0.15) is 41.3 Å². The number of aliphatic hydroxyl groups excluding tert-OH is 1. The van der Waals surface area contributed by atoms with E-state index in [-0.39, 0.29) is 40.3 Å². The van der Waals surface area contributed by atoms with Gasteiger partial charge in [-0.3, -0.25) is 9.59 Å². The Morgan fingerprint density at radius 2 is 1.79 bits per heavy atom. The number of hydrogen-bond acceptors (Lipinski definition) is 7. The molecule has 0 fully saturated rings. The molecule has 39 heavy (non-hydrogen) atoms. The predicted molar refractivity (Wildman–Crippen MR) is 140 cm³/mol. The summed E-state index contributed by atoms with van der Waals surface area (Å²) < 4.78 is 45.3. The van der Waals surface area contributed by atoms with Crippen molar-refractivity contribution in [2.45, 2.75) is 39.6 Å². The van der Waals surface area contributed by atoms with Crippen molar-refractivity contribution in [3.63, 3.8) is 0 Å². The van der Waals surface area contributed by atoms with Crippen LogP contribution >= 0.6 is 0 Å². The van der Waals surface area contributed by atoms with Gasteiger partial charge in [-0.2, -0.15) is 13.2 Å². The Morgan fingerprint density at radius 1 is 1.10 bits per heavy atom. The fourth-order valence-corrected chi connectivity index (χ4v) is 3.91. The van der Waals surface area contributed by atoms with Crippen LogP contribution < -0.4 is 10.6 Å². The molecule has 1 heterocycles. The molecule has 11 heteroatoms. The number of carbonyl (C=O) groups excluding carboxylic acids is 2. The van der Waals surface area contributed by atoms with Gasteiger partial charge in [0.05, 0.1) is 29.1 Å². The first kappa shape index (κ1) is 29.3. The van der Waals surface area contributed by atoms with Crippen molar-refractivity contribution in [3.8, 4) is 16.9 Å². The van der Waals surface area contributed by atoms with Crippen LogP contribution in [-0.2, 0) is 17.5 Å². The Bertz CT molecular complexity index is 1410. The fourth-order valence-electron chi connectivity index (χ4n) is 3.91. The molecule has 3 aromatic rings. The summed E-state index contributed by atoms with van der Waals surface area (Å²) in [6, 6.07) is 10.6. The van der Waals surface area contributed by atoms with E-state index < -0.39 is 35.3 Å². The minimum absolute atomic E-state index is 0.0267. The van der Waals surface area contributed by atoms with Crippen LogP contribution in [-0.4, -0.2) is 47.0 Å². The SMILES string of the molecule is CC.Cc1ccc(CNC2=C(Nc3ccc(-c4cccc(C(F)(F)F)c4)c(C(=O)N(C)C)c3O)C(=O)C2O)o1. The van der Waals surface area contributed by atoms with E-state index in [0.29, 0.717) is 11.5 Å². The number of amides is 1. The van der Waals surface area contributed by atoms with Crippen LogP contribution in [0.3, 0.4) is 0 Å². The molecule has 1 atom stereocenters. The topological polar surface area (TPSA) is 115 Å². The highest BCUT2D eigenvalue weighted by Gasteiger charge is 2.39. The van der Waals surface area contributed by atoms with Gasteiger partial charge in [0.15, 0.2) is 11.9 Å². The Balaban J connectivity index is 0.00000205. The number of phenols is 1. The lowest BCUT2D eigenvalue weighted by Gasteiger charge is -2.30. The number of nitrogens with one attached hydrogen (secondary N) is 2. The number of ketones is 1. The van der Waals surface area contributed by atoms with Crippen LogP contribution in [0.25, 0.3) is 11.1 Å². The minimum Gasteiger partial charge on any atom is -0.505 e. The van der Waals surface area contributed by atoms with Gasteiger partial charge in [-0.25, -0.2) is 0 Å². The molecule has 2 aromatic carbocycles. The maximum atomic E-state index is 13.3. The van der Waals surface area contributed by atoms with Gasteiger partial charge < -0.3 is 30.2 Å². The van der Waals surface area contributed by atoms with Gasteiger partial charge in [0.25, 0.3) is 5.91 Å². The third kappa shape index (κ3) is 6.09. The molecule has 0 spiro atoms. The Hall–Kier alpha value is -4.25. The first-order chi connectivity index (χ1) is 18.4. The number of aliphatic hydroxyl groups is 1. The van der Waals surface area contributed by atoms with Crippen molar-refractivity contribution >= 4 is 17.4 Å². The van der Waals surface area contributed by atoms with Crippen molar-refractivity contribution in [2.24, 2.45) is 0 Å². The molecule has 1 amide bonds. The first-order valence-electron chi connectivity index (χ1n) is 12.2. The summed E-state index contributed by atoms with van der Waals surface area (Å²) in [5, 5.41) is 26.8. The van der Waals surface area contributed by atoms with Gasteiger partial charge in [-0.1, -0.05) is 32.0 Å². The van der Waals surface area contributed by atoms with Crippen LogP contribution in [0.2, 0.25) is 0 Å². The number of aryl methyl sites for hydroxylation is 1. The molecule has 208 valence electrons. The first-order valence-corrected chi connectivity index (χ1v) is 12.2. The second kappa shape index (κ2) is 11.6. The number of phenolic OH excluding ortho intramolecular Hbond substituents is 1. The van der Waals surface area contributed by atoms with Crippen molar-refractivity contribution < 1.29 is 37.4 Å². The lowest BCUT2D eigenvalue weighted by atomic mass is 9.93. The van der Waals surface area contributed by atoms with Gasteiger partial charge in [-0.15, -0.1) is 0 Å². The molecule has 8 nitrogen and oxygen atoms in total. The van der Waals surface area contributed by atoms with E-state index in [4.69, 9.17) is 4.42 Å². The third-order valence-corrected chi connectivity index (χ3v) is 5.85. The van der Waals surface area contributed by atoms with E-state index in [1.165, 1.54) is 43.3 Å². The van der Waals surface area contributed by atoms with Gasteiger partial charge in [0.2, 0.25) is 5.78 Å². The van der Waals surface area contributed by atoms with Crippen LogP contribution in [0, 0.1) is 6.92 Å². The Morgan fingerprint density at radius 3 is 2.38 bits per heavy atom. The summed E-state index contributed by atoms with van der Waals surface area (Å²) in [5.41, 5.74) is -0.897. The number of aromatic hydroxyl groups is 1. The largest absolute Gasteiger partial charge is 0.505 e. The highest BCUT2D eigenvalue weighted by molar-refractivity contribution is 6.11. The van der Waals surface area contributed by atoms with Crippen LogP contribution in [0.5, 0.6) is 5.75 Å². The van der Waals surface area contributed by atoms with Gasteiger partial charge >= 0.3 is 6.18 Å². The summed E-state index contributed by atoms with van der Waals surface area (Å²) in [5.74, 6) is -0.591. The van der Waals surface area contributed by atoms with E-state index in [1.54, 1.807) is 19.1 Å². The number of furan rings is 1. The molecule has 1 aromatic heterocycles. The lowest BCUT2D eigenvalue weighted by Crippen LogP contribution is -2.45. The second-order valence-electron chi connectivity index (χ2n) is 8.71. The number of benzene rings is 2. The molecule has 0 aliphatic heterocycles. The van der Waals surface area contributed by atoms with Gasteiger partial charge in [0, 0.05) is 14.1 Å². The molecule has 0 saturated carbocycles. The average molecular weight is 546 g/mol. The van der Waals surface area contributed by atoms with E-state index in [1.807, 2.05) is 13.8 Å². The maximum absolute atomic E-state index is 13.3. The fraction of sp³-hybridized carbons (Fsp3) is 0.286. The standard InChI is InChI=1S/C26H24F3N3O5.C2H6/c1-13-7-8-16(37-13)12-30-20-21(24(35)23(20)34)31-18-10-9-17(19(22(18)33)25(36)32(2)3)14-5-4-6-15(11-14)26(27,28)29;1-2/h4-11,23,30-31,33-34H,12H2,1-3H3;1-2H3. The van der Waals surface area contributed by atoms with E-state index in [0.717, 1.165) is 12.1 Å². The van der Waals surface area contributed by atoms with Crippen molar-refractivity contribution in [1.29, 1.82) is 0 Å². The Labute approximate surface area is 223 Å². The molecule has 1 unspecified atom stereocenters. The van der Waals surface area contributed by atoms with E-state index in [2.05, 4.69) is 10.6 Å². The molecule has 0 bridgehead atoms. The molecule has 4 N–H and O–H groups in total. The minimum atomic E-state index is -4.60. The van der Waals surface area contributed by atoms with Crippen molar-refractivity contribution in [1.82, 2.24) is 10.2 Å². The highest BCUT2D eigenvalue weighted by atomic mass is 19.4. The molecular weight excluding hydrogens is 515 g/mol. The molecule has 0 saturated heterocycles. The smallest absolute Gasteiger partial charge is 0.416 e.